The van der Waals surface area contributed by atoms with Gasteiger partial charge in [-0.05, 0) is 6.07 Å². The van der Waals surface area contributed by atoms with E-state index < -0.39 is 10.0 Å². The molecule has 0 saturated heterocycles. The van der Waals surface area contributed by atoms with Crippen LogP contribution < -0.4 is 5.32 Å². The van der Waals surface area contributed by atoms with Crippen LogP contribution in [0.2, 0.25) is 0 Å². The number of rotatable bonds is 7. The second-order valence-electron chi connectivity index (χ2n) is 5.15. The number of H-pyrrole nitrogens is 1. The van der Waals surface area contributed by atoms with Crippen LogP contribution in [0.5, 0.6) is 0 Å². The molecule has 0 atom stereocenters. The topological polar surface area (TPSA) is 91.2 Å². The minimum absolute atomic E-state index is 0.127. The predicted octanol–water partition coefficient (Wildman–Crippen LogP) is 1.32. The van der Waals surface area contributed by atoms with Crippen LogP contribution in [-0.2, 0) is 23.1 Å². The Labute approximate surface area is 124 Å². The average Bonchev–Trinajstić information content (AvgIpc) is 3.06. The van der Waals surface area contributed by atoms with Gasteiger partial charge in [-0.15, -0.1) is 0 Å². The second kappa shape index (κ2) is 6.42. The van der Waals surface area contributed by atoms with Crippen molar-refractivity contribution in [2.24, 2.45) is 0 Å². The van der Waals surface area contributed by atoms with Crippen LogP contribution in [0.15, 0.2) is 34.2 Å². The van der Waals surface area contributed by atoms with Crippen molar-refractivity contribution in [3.63, 3.8) is 0 Å². The Kier molecular flexibility index (Phi) is 4.81. The van der Waals surface area contributed by atoms with Gasteiger partial charge in [0.05, 0.1) is 18.7 Å². The number of nitrogens with one attached hydrogen (secondary N) is 2. The van der Waals surface area contributed by atoms with E-state index in [-0.39, 0.29) is 17.6 Å². The van der Waals surface area contributed by atoms with Crippen LogP contribution in [0.1, 0.15) is 25.0 Å². The molecule has 8 heteroatoms. The summed E-state index contributed by atoms with van der Waals surface area (Å²) in [6.07, 6.45) is 4.58. The van der Waals surface area contributed by atoms with E-state index in [1.165, 1.54) is 30.1 Å². The molecule has 2 N–H and O–H groups in total. The van der Waals surface area contributed by atoms with Gasteiger partial charge >= 0.3 is 0 Å². The molecule has 0 amide bonds. The van der Waals surface area contributed by atoms with Gasteiger partial charge in [0.15, 0.2) is 5.03 Å². The zero-order valence-electron chi connectivity index (χ0n) is 12.3. The molecular weight excluding hydrogens is 292 g/mol. The van der Waals surface area contributed by atoms with E-state index in [0.29, 0.717) is 12.1 Å². The van der Waals surface area contributed by atoms with Crippen LogP contribution in [-0.4, -0.2) is 36.0 Å². The zero-order chi connectivity index (χ0) is 15.5. The summed E-state index contributed by atoms with van der Waals surface area (Å²) in [6.45, 7) is 4.69. The third-order valence-electron chi connectivity index (χ3n) is 3.03. The molecule has 2 aromatic heterocycles. The summed E-state index contributed by atoms with van der Waals surface area (Å²) < 4.78 is 31.4. The van der Waals surface area contributed by atoms with Crippen molar-refractivity contribution >= 4 is 10.0 Å². The molecule has 0 saturated carbocycles. The molecule has 116 valence electrons. The maximum atomic E-state index is 12.6. The van der Waals surface area contributed by atoms with Crippen molar-refractivity contribution in [1.29, 1.82) is 0 Å². The Morgan fingerprint density at radius 1 is 1.48 bits per heavy atom. The summed E-state index contributed by atoms with van der Waals surface area (Å²) in [4.78, 5) is 0. The highest BCUT2D eigenvalue weighted by molar-refractivity contribution is 7.89. The third kappa shape index (κ3) is 3.72. The van der Waals surface area contributed by atoms with Gasteiger partial charge in [0, 0.05) is 37.3 Å². The molecule has 2 rings (SSSR count). The van der Waals surface area contributed by atoms with Gasteiger partial charge in [0.1, 0.15) is 0 Å². The van der Waals surface area contributed by atoms with E-state index in [0.717, 1.165) is 5.56 Å². The van der Waals surface area contributed by atoms with E-state index in [2.05, 4.69) is 15.5 Å². The Morgan fingerprint density at radius 2 is 2.24 bits per heavy atom. The first kappa shape index (κ1) is 15.7. The highest BCUT2D eigenvalue weighted by Crippen LogP contribution is 2.18. The molecule has 0 radical (unpaired) electrons. The minimum Gasteiger partial charge on any atom is -0.472 e. The molecule has 0 unspecified atom stereocenters. The van der Waals surface area contributed by atoms with Gasteiger partial charge in [-0.3, -0.25) is 5.10 Å². The van der Waals surface area contributed by atoms with Crippen LogP contribution in [0.25, 0.3) is 0 Å². The van der Waals surface area contributed by atoms with E-state index in [1.54, 1.807) is 6.07 Å². The molecule has 21 heavy (non-hydrogen) atoms. The molecule has 0 spiro atoms. The molecule has 7 nitrogen and oxygen atoms in total. The first-order valence-electron chi connectivity index (χ1n) is 6.64. The lowest BCUT2D eigenvalue weighted by atomic mass is 10.3. The summed E-state index contributed by atoms with van der Waals surface area (Å²) in [5.74, 6) is 0. The van der Waals surface area contributed by atoms with Crippen molar-refractivity contribution in [2.45, 2.75) is 38.0 Å². The Bertz CT molecular complexity index is 661. The number of furan rings is 1. The Morgan fingerprint density at radius 3 is 2.86 bits per heavy atom. The largest absolute Gasteiger partial charge is 0.472 e. The van der Waals surface area contributed by atoms with Crippen LogP contribution in [0.4, 0.5) is 0 Å². The van der Waals surface area contributed by atoms with Crippen molar-refractivity contribution < 1.29 is 12.8 Å². The van der Waals surface area contributed by atoms with Crippen LogP contribution >= 0.6 is 0 Å². The number of hydrogen-bond donors (Lipinski definition) is 2. The third-order valence-corrected chi connectivity index (χ3v) is 4.85. The number of hydrogen-bond acceptors (Lipinski definition) is 5. The maximum absolute atomic E-state index is 12.6. The molecule has 0 aliphatic carbocycles. The van der Waals surface area contributed by atoms with Gasteiger partial charge in [0.25, 0.3) is 10.0 Å². The number of nitrogens with zero attached hydrogens (tertiary/aromatic N) is 2. The van der Waals surface area contributed by atoms with E-state index >= 15 is 0 Å². The minimum atomic E-state index is -3.62. The molecule has 0 bridgehead atoms. The van der Waals surface area contributed by atoms with E-state index in [4.69, 9.17) is 4.42 Å². The smallest absolute Gasteiger partial charge is 0.260 e. The van der Waals surface area contributed by atoms with Crippen molar-refractivity contribution in [1.82, 2.24) is 19.8 Å². The fourth-order valence-electron chi connectivity index (χ4n) is 1.84. The van der Waals surface area contributed by atoms with Crippen molar-refractivity contribution in [2.75, 3.05) is 7.05 Å². The second-order valence-corrected chi connectivity index (χ2v) is 7.13. The van der Waals surface area contributed by atoms with E-state index in [1.807, 2.05) is 13.8 Å². The van der Waals surface area contributed by atoms with Crippen molar-refractivity contribution in [3.05, 3.63) is 35.9 Å². The summed E-state index contributed by atoms with van der Waals surface area (Å²) in [5.41, 5.74) is 1.42. The summed E-state index contributed by atoms with van der Waals surface area (Å²) >= 11 is 0. The maximum Gasteiger partial charge on any atom is 0.260 e. The lowest BCUT2D eigenvalue weighted by Crippen LogP contribution is -2.29. The SMILES string of the molecule is CC(C)NCc1cn[nH]c1S(=O)(=O)N(C)Cc1ccoc1. The highest BCUT2D eigenvalue weighted by atomic mass is 32.2. The summed E-state index contributed by atoms with van der Waals surface area (Å²) in [6, 6.07) is 2.00. The first-order chi connectivity index (χ1) is 9.91. The summed E-state index contributed by atoms with van der Waals surface area (Å²) in [7, 11) is -2.09. The van der Waals surface area contributed by atoms with Gasteiger partial charge in [-0.1, -0.05) is 13.8 Å². The standard InChI is InChI=1S/C13H20N4O3S/c1-10(2)14-6-12-7-15-16-13(12)21(18,19)17(3)8-11-4-5-20-9-11/h4-5,7,9-10,14H,6,8H2,1-3H3,(H,15,16). The summed E-state index contributed by atoms with van der Waals surface area (Å²) in [5, 5.41) is 9.76. The molecule has 0 fully saturated rings. The van der Waals surface area contributed by atoms with Crippen LogP contribution in [0, 0.1) is 0 Å². The average molecular weight is 312 g/mol. The van der Waals surface area contributed by atoms with Gasteiger partial charge < -0.3 is 9.73 Å². The van der Waals surface area contributed by atoms with Crippen LogP contribution in [0.3, 0.4) is 0 Å². The molecule has 2 heterocycles. The molecule has 0 aliphatic heterocycles. The fourth-order valence-corrected chi connectivity index (χ4v) is 3.10. The normalized spacial score (nSPS) is 12.4. The Balaban J connectivity index is 2.17. The quantitative estimate of drug-likeness (QED) is 0.804. The monoisotopic (exact) mass is 312 g/mol. The van der Waals surface area contributed by atoms with Crippen molar-refractivity contribution in [3.8, 4) is 0 Å². The highest BCUT2D eigenvalue weighted by Gasteiger charge is 2.26. The lowest BCUT2D eigenvalue weighted by molar-refractivity contribution is 0.458. The molecule has 0 aliphatic rings. The van der Waals surface area contributed by atoms with E-state index in [9.17, 15) is 8.42 Å². The first-order valence-corrected chi connectivity index (χ1v) is 8.08. The lowest BCUT2D eigenvalue weighted by Gasteiger charge is -2.16. The number of aromatic amines is 1. The number of aromatic nitrogens is 2. The predicted molar refractivity (Wildman–Crippen MR) is 77.9 cm³/mol. The fraction of sp³-hybridized carbons (Fsp3) is 0.462. The molecule has 0 aromatic carbocycles. The van der Waals surface area contributed by atoms with Gasteiger partial charge in [-0.2, -0.15) is 9.40 Å². The zero-order valence-corrected chi connectivity index (χ0v) is 13.1. The number of sulfonamides is 1. The Hall–Kier alpha value is -1.64. The van der Waals surface area contributed by atoms with Gasteiger partial charge in [0.2, 0.25) is 0 Å². The molecule has 2 aromatic rings. The van der Waals surface area contributed by atoms with Gasteiger partial charge in [-0.25, -0.2) is 8.42 Å². The molecular formula is C13H20N4O3S.